The third-order valence-electron chi connectivity index (χ3n) is 4.34. The van der Waals surface area contributed by atoms with Crippen molar-refractivity contribution in [1.82, 2.24) is 4.31 Å². The van der Waals surface area contributed by atoms with Crippen LogP contribution in [0.1, 0.15) is 10.4 Å². The molecular formula is C19H19N3O4S. The van der Waals surface area contributed by atoms with Crippen LogP contribution in [-0.4, -0.2) is 51.5 Å². The van der Waals surface area contributed by atoms with E-state index in [-0.39, 0.29) is 17.1 Å². The SMILES string of the molecule is N#CCOC(=O)c1cccc(S(=O)(=O)N2CCN(c3ccccc3)CC2)c1. The Kier molecular flexibility index (Phi) is 5.74. The van der Waals surface area contributed by atoms with Gasteiger partial charge in [0.2, 0.25) is 10.0 Å². The fourth-order valence-corrected chi connectivity index (χ4v) is 4.41. The number of piperazine rings is 1. The van der Waals surface area contributed by atoms with Crippen molar-refractivity contribution in [2.45, 2.75) is 4.90 Å². The molecule has 0 spiro atoms. The van der Waals surface area contributed by atoms with Gasteiger partial charge in [0, 0.05) is 31.9 Å². The van der Waals surface area contributed by atoms with E-state index in [2.05, 4.69) is 4.90 Å². The molecule has 0 bridgehead atoms. The van der Waals surface area contributed by atoms with Crippen LogP contribution in [0.4, 0.5) is 5.69 Å². The van der Waals surface area contributed by atoms with Gasteiger partial charge in [0.1, 0.15) is 6.07 Å². The molecule has 0 saturated carbocycles. The number of para-hydroxylation sites is 1. The van der Waals surface area contributed by atoms with E-state index in [1.165, 1.54) is 28.6 Å². The maximum Gasteiger partial charge on any atom is 0.339 e. The maximum atomic E-state index is 12.9. The molecule has 1 aliphatic heterocycles. The quantitative estimate of drug-likeness (QED) is 0.730. The van der Waals surface area contributed by atoms with Crippen molar-refractivity contribution < 1.29 is 17.9 Å². The summed E-state index contributed by atoms with van der Waals surface area (Å²) in [5, 5.41) is 8.49. The highest BCUT2D eigenvalue weighted by atomic mass is 32.2. The van der Waals surface area contributed by atoms with Gasteiger partial charge in [0.25, 0.3) is 0 Å². The Morgan fingerprint density at radius 1 is 1.04 bits per heavy atom. The number of ether oxygens (including phenoxy) is 1. The number of anilines is 1. The van der Waals surface area contributed by atoms with Gasteiger partial charge in [-0.3, -0.25) is 0 Å². The summed E-state index contributed by atoms with van der Waals surface area (Å²) in [5.74, 6) is -0.720. The largest absolute Gasteiger partial charge is 0.447 e. The molecule has 0 aromatic heterocycles. The number of nitrogens with zero attached hydrogens (tertiary/aromatic N) is 3. The van der Waals surface area contributed by atoms with Gasteiger partial charge in [0.05, 0.1) is 10.5 Å². The summed E-state index contributed by atoms with van der Waals surface area (Å²) in [5.41, 5.74) is 1.17. The second-order valence-corrected chi connectivity index (χ2v) is 7.93. The Labute approximate surface area is 158 Å². The molecule has 0 amide bonds. The lowest BCUT2D eigenvalue weighted by molar-refractivity contribution is 0.0554. The lowest BCUT2D eigenvalue weighted by Gasteiger charge is -2.35. The predicted molar refractivity (Wildman–Crippen MR) is 99.8 cm³/mol. The molecule has 1 saturated heterocycles. The van der Waals surface area contributed by atoms with Crippen molar-refractivity contribution in [3.63, 3.8) is 0 Å². The van der Waals surface area contributed by atoms with Crippen molar-refractivity contribution in [2.75, 3.05) is 37.7 Å². The lowest BCUT2D eigenvalue weighted by atomic mass is 10.2. The lowest BCUT2D eigenvalue weighted by Crippen LogP contribution is -2.48. The molecule has 0 radical (unpaired) electrons. The molecule has 0 unspecified atom stereocenters. The summed E-state index contributed by atoms with van der Waals surface area (Å²) in [6, 6.07) is 17.3. The average molecular weight is 385 g/mol. The normalized spacial score (nSPS) is 15.1. The molecule has 1 heterocycles. The fraction of sp³-hybridized carbons (Fsp3) is 0.263. The fourth-order valence-electron chi connectivity index (χ4n) is 2.94. The van der Waals surface area contributed by atoms with Crippen molar-refractivity contribution in [1.29, 1.82) is 5.26 Å². The van der Waals surface area contributed by atoms with Crippen LogP contribution in [0.15, 0.2) is 59.5 Å². The van der Waals surface area contributed by atoms with Crippen molar-refractivity contribution >= 4 is 21.7 Å². The van der Waals surface area contributed by atoms with Gasteiger partial charge in [-0.2, -0.15) is 9.57 Å². The van der Waals surface area contributed by atoms with Crippen LogP contribution in [0.2, 0.25) is 0 Å². The first kappa shape index (κ1) is 18.9. The Morgan fingerprint density at radius 2 is 1.74 bits per heavy atom. The van der Waals surface area contributed by atoms with Crippen LogP contribution in [-0.2, 0) is 14.8 Å². The summed E-state index contributed by atoms with van der Waals surface area (Å²) in [4.78, 5) is 14.1. The zero-order chi connectivity index (χ0) is 19.3. The molecule has 0 atom stereocenters. The number of carbonyl (C=O) groups excluding carboxylic acids is 1. The molecule has 1 fully saturated rings. The Morgan fingerprint density at radius 3 is 2.41 bits per heavy atom. The van der Waals surface area contributed by atoms with Gasteiger partial charge in [-0.1, -0.05) is 24.3 Å². The molecule has 140 valence electrons. The van der Waals surface area contributed by atoms with Crippen molar-refractivity contribution in [2.24, 2.45) is 0 Å². The van der Waals surface area contributed by atoms with Crippen LogP contribution in [0.5, 0.6) is 0 Å². The van der Waals surface area contributed by atoms with Gasteiger partial charge in [-0.15, -0.1) is 0 Å². The van der Waals surface area contributed by atoms with Gasteiger partial charge < -0.3 is 9.64 Å². The van der Waals surface area contributed by atoms with Crippen molar-refractivity contribution in [3.8, 4) is 6.07 Å². The van der Waals surface area contributed by atoms with E-state index in [1.807, 2.05) is 30.3 Å². The van der Waals surface area contributed by atoms with Crippen LogP contribution >= 0.6 is 0 Å². The molecule has 2 aromatic carbocycles. The van der Waals surface area contributed by atoms with E-state index < -0.39 is 16.0 Å². The number of benzene rings is 2. The number of nitriles is 1. The topological polar surface area (TPSA) is 90.7 Å². The molecule has 1 aliphatic rings. The molecule has 7 nitrogen and oxygen atoms in total. The molecule has 0 aliphatic carbocycles. The van der Waals surface area contributed by atoms with Crippen molar-refractivity contribution in [3.05, 3.63) is 60.2 Å². The highest BCUT2D eigenvalue weighted by molar-refractivity contribution is 7.89. The summed E-state index contributed by atoms with van der Waals surface area (Å²) < 4.78 is 32.0. The highest BCUT2D eigenvalue weighted by Crippen LogP contribution is 2.22. The van der Waals surface area contributed by atoms with E-state index in [9.17, 15) is 13.2 Å². The number of esters is 1. The Bertz CT molecular complexity index is 946. The first-order valence-corrected chi connectivity index (χ1v) is 9.90. The van der Waals surface area contributed by atoms with E-state index in [1.54, 1.807) is 6.07 Å². The zero-order valence-electron chi connectivity index (χ0n) is 14.6. The monoisotopic (exact) mass is 385 g/mol. The smallest absolute Gasteiger partial charge is 0.339 e. The summed E-state index contributed by atoms with van der Waals surface area (Å²) in [6.07, 6.45) is 0. The first-order valence-electron chi connectivity index (χ1n) is 8.46. The minimum atomic E-state index is -3.71. The Hall–Kier alpha value is -2.89. The second-order valence-electron chi connectivity index (χ2n) is 5.99. The second kappa shape index (κ2) is 8.20. The predicted octanol–water partition coefficient (Wildman–Crippen LogP) is 1.88. The van der Waals surface area contributed by atoms with Crippen LogP contribution in [0, 0.1) is 11.3 Å². The first-order chi connectivity index (χ1) is 13.0. The van der Waals surface area contributed by atoms with E-state index in [0.717, 1.165) is 5.69 Å². The molecule has 3 rings (SSSR count). The number of hydrogen-bond acceptors (Lipinski definition) is 6. The summed E-state index contributed by atoms with van der Waals surface area (Å²) in [6.45, 7) is 1.53. The van der Waals surface area contributed by atoms with E-state index in [0.29, 0.717) is 26.2 Å². The minimum Gasteiger partial charge on any atom is -0.447 e. The molecule has 8 heteroatoms. The van der Waals surface area contributed by atoms with Crippen LogP contribution < -0.4 is 4.90 Å². The third-order valence-corrected chi connectivity index (χ3v) is 6.23. The van der Waals surface area contributed by atoms with E-state index in [4.69, 9.17) is 10.00 Å². The molecular weight excluding hydrogens is 366 g/mol. The van der Waals surface area contributed by atoms with Crippen LogP contribution in [0.25, 0.3) is 0 Å². The molecule has 2 aromatic rings. The average Bonchev–Trinajstić information content (AvgIpc) is 2.73. The minimum absolute atomic E-state index is 0.0436. The van der Waals surface area contributed by atoms with Gasteiger partial charge in [-0.25, -0.2) is 13.2 Å². The number of carbonyl (C=O) groups is 1. The van der Waals surface area contributed by atoms with Gasteiger partial charge >= 0.3 is 5.97 Å². The summed E-state index contributed by atoms with van der Waals surface area (Å²) >= 11 is 0. The third kappa shape index (κ3) is 4.27. The van der Waals surface area contributed by atoms with Gasteiger partial charge in [-0.05, 0) is 30.3 Å². The Balaban J connectivity index is 1.72. The van der Waals surface area contributed by atoms with Gasteiger partial charge in [0.15, 0.2) is 6.61 Å². The van der Waals surface area contributed by atoms with Crippen LogP contribution in [0.3, 0.4) is 0 Å². The number of sulfonamides is 1. The molecule has 27 heavy (non-hydrogen) atoms. The zero-order valence-corrected chi connectivity index (χ0v) is 15.4. The summed E-state index contributed by atoms with van der Waals surface area (Å²) in [7, 11) is -3.71. The van der Waals surface area contributed by atoms with E-state index >= 15 is 0 Å². The number of rotatable bonds is 5. The maximum absolute atomic E-state index is 12.9. The standard InChI is InChI=1S/C19H19N3O4S/c20-9-14-26-19(23)16-5-4-8-18(15-16)27(24,25)22-12-10-21(11-13-22)17-6-2-1-3-7-17/h1-8,15H,10-14H2. The molecule has 0 N–H and O–H groups in total. The highest BCUT2D eigenvalue weighted by Gasteiger charge is 2.29. The number of hydrogen-bond donors (Lipinski definition) is 0.